The summed E-state index contributed by atoms with van der Waals surface area (Å²) in [7, 11) is 4.93. The average molecular weight is 246 g/mol. The molecule has 4 heteroatoms. The molecule has 0 aliphatic heterocycles. The van der Waals surface area contributed by atoms with Gasteiger partial charge in [0.15, 0.2) is 5.60 Å². The van der Waals surface area contributed by atoms with Crippen LogP contribution in [0.1, 0.15) is 25.7 Å². The molecule has 0 aromatic carbocycles. The van der Waals surface area contributed by atoms with Gasteiger partial charge >= 0.3 is 11.9 Å². The van der Waals surface area contributed by atoms with E-state index in [0.717, 1.165) is 0 Å². The molecule has 0 atom stereocenters. The van der Waals surface area contributed by atoms with Crippen LogP contribution in [0, 0.1) is 47.1 Å². The van der Waals surface area contributed by atoms with Crippen LogP contribution in [0.15, 0.2) is 0 Å². The van der Waals surface area contributed by atoms with Gasteiger partial charge in [0.1, 0.15) is 7.11 Å². The summed E-state index contributed by atoms with van der Waals surface area (Å²) in [4.78, 5) is 23.3. The number of ether oxygens (including phenoxy) is 2. The molecule has 0 aromatic rings. The quantitative estimate of drug-likeness (QED) is 0.505. The van der Waals surface area contributed by atoms with E-state index >= 15 is 0 Å². The molecule has 4 nitrogen and oxygen atoms in total. The number of esters is 2. The highest BCUT2D eigenvalue weighted by Gasteiger charge is 2.41. The molecular weight excluding hydrogens is 232 g/mol. The molecule has 0 rings (SSSR count). The molecule has 0 aromatic heterocycles. The van der Waals surface area contributed by atoms with Crippen LogP contribution in [-0.2, 0) is 19.1 Å². The van der Waals surface area contributed by atoms with Crippen molar-refractivity contribution in [2.24, 2.45) is 5.41 Å². The van der Waals surface area contributed by atoms with E-state index in [2.05, 4.69) is 9.47 Å². The number of carbonyl (C=O) groups is 2. The lowest BCUT2D eigenvalue weighted by atomic mass is 9.85. The van der Waals surface area contributed by atoms with Gasteiger partial charge in [-0.2, -0.15) is 0 Å². The second-order valence-electron chi connectivity index (χ2n) is 3.76. The van der Waals surface area contributed by atoms with E-state index in [1.807, 2.05) is 0 Å². The molecule has 18 heavy (non-hydrogen) atoms. The summed E-state index contributed by atoms with van der Waals surface area (Å²) >= 11 is 0. The highest BCUT2D eigenvalue weighted by Crippen LogP contribution is 2.28. The van der Waals surface area contributed by atoms with E-state index in [9.17, 15) is 9.59 Å². The lowest BCUT2D eigenvalue weighted by molar-refractivity contribution is -0.179. The van der Waals surface area contributed by atoms with Crippen molar-refractivity contribution in [3.05, 3.63) is 41.7 Å². The van der Waals surface area contributed by atoms with Crippen molar-refractivity contribution in [2.45, 2.75) is 31.3 Å². The van der Waals surface area contributed by atoms with E-state index in [0.29, 0.717) is 0 Å². The van der Waals surface area contributed by atoms with Gasteiger partial charge in [0, 0.05) is 0 Å². The molecule has 0 bridgehead atoms. The first-order valence-corrected chi connectivity index (χ1v) is 5.09. The Balaban J connectivity index is 4.90. The molecule has 0 fully saturated rings. The molecule has 0 saturated heterocycles. The van der Waals surface area contributed by atoms with Gasteiger partial charge in [-0.1, -0.05) is 0 Å². The van der Waals surface area contributed by atoms with Gasteiger partial charge in [-0.15, -0.1) is 0 Å². The van der Waals surface area contributed by atoms with Crippen molar-refractivity contribution in [3.63, 3.8) is 0 Å². The summed E-state index contributed by atoms with van der Waals surface area (Å²) in [6.07, 6.45) is -1.32. The number of rotatable bonds is 7. The SMILES string of the molecule is [CH]CC([CH])(C[CH])C(=O)OC(=O)C(C[CH])(C[CH])O[CH]. The van der Waals surface area contributed by atoms with Crippen molar-refractivity contribution in [3.8, 4) is 0 Å². The minimum atomic E-state index is -1.81. The topological polar surface area (TPSA) is 52.6 Å². The molecule has 0 unspecified atom stereocenters. The van der Waals surface area contributed by atoms with Gasteiger partial charge < -0.3 is 9.47 Å². The van der Waals surface area contributed by atoms with Crippen molar-refractivity contribution in [1.29, 1.82) is 0 Å². The van der Waals surface area contributed by atoms with E-state index in [-0.39, 0.29) is 25.7 Å². The molecule has 0 aliphatic rings. The second-order valence-corrected chi connectivity index (χ2v) is 3.76. The van der Waals surface area contributed by atoms with Crippen molar-refractivity contribution in [2.75, 3.05) is 0 Å². The van der Waals surface area contributed by atoms with Gasteiger partial charge in [0.25, 0.3) is 0 Å². The Morgan fingerprint density at radius 2 is 1.33 bits per heavy atom. The van der Waals surface area contributed by atoms with Crippen LogP contribution in [-0.4, -0.2) is 17.5 Å². The molecular formula is C14H14O4. The van der Waals surface area contributed by atoms with Crippen LogP contribution < -0.4 is 0 Å². The normalized spacial score (nSPS) is 12.3. The third-order valence-electron chi connectivity index (χ3n) is 2.58. The van der Waals surface area contributed by atoms with Gasteiger partial charge in [-0.25, -0.2) is 4.79 Å². The third-order valence-corrected chi connectivity index (χ3v) is 2.58. The zero-order valence-electron chi connectivity index (χ0n) is 9.93. The first-order valence-electron chi connectivity index (χ1n) is 5.09. The van der Waals surface area contributed by atoms with Crippen molar-refractivity contribution >= 4 is 11.9 Å². The monoisotopic (exact) mass is 246 g/mol. The van der Waals surface area contributed by atoms with Crippen LogP contribution in [0.2, 0.25) is 0 Å². The predicted molar refractivity (Wildman–Crippen MR) is 61.6 cm³/mol. The van der Waals surface area contributed by atoms with Crippen molar-refractivity contribution < 1.29 is 19.1 Å². The maximum absolute atomic E-state index is 11.7. The van der Waals surface area contributed by atoms with Gasteiger partial charge in [0.2, 0.25) is 0 Å². The van der Waals surface area contributed by atoms with Gasteiger partial charge in [0.05, 0.1) is 5.41 Å². The summed E-state index contributed by atoms with van der Waals surface area (Å²) in [5.41, 5.74) is -3.47. The summed E-state index contributed by atoms with van der Waals surface area (Å²) in [5.74, 6) is -2.24. The van der Waals surface area contributed by atoms with Crippen LogP contribution in [0.4, 0.5) is 0 Å². The van der Waals surface area contributed by atoms with E-state index in [1.165, 1.54) is 0 Å². The van der Waals surface area contributed by atoms with E-state index in [1.54, 1.807) is 0 Å². The molecule has 0 spiro atoms. The van der Waals surface area contributed by atoms with Crippen LogP contribution in [0.5, 0.6) is 0 Å². The molecule has 0 heterocycles. The molecule has 0 saturated carbocycles. The minimum absolute atomic E-state index is 0.294. The van der Waals surface area contributed by atoms with Crippen LogP contribution in [0.3, 0.4) is 0 Å². The standard InChI is InChI=1S/C14H14O4/c1-7-13(5,8-2)11(15)18-12(16)14(9-3,10-4)17-6/h1-6H,7-10H2. The summed E-state index contributed by atoms with van der Waals surface area (Å²) < 4.78 is 8.91. The summed E-state index contributed by atoms with van der Waals surface area (Å²) in [6, 6.07) is 0. The Hall–Kier alpha value is -0.900. The summed E-state index contributed by atoms with van der Waals surface area (Å²) in [5, 5.41) is 0. The zero-order valence-corrected chi connectivity index (χ0v) is 9.93. The molecule has 12 radical (unpaired) electrons. The first kappa shape index (κ1) is 17.1. The fraction of sp³-hybridized carbons (Fsp3) is 0.429. The van der Waals surface area contributed by atoms with Gasteiger partial charge in [-0.05, 0) is 60.3 Å². The van der Waals surface area contributed by atoms with Crippen LogP contribution >= 0.6 is 0 Å². The third kappa shape index (κ3) is 3.31. The Labute approximate surface area is 110 Å². The lowest BCUT2D eigenvalue weighted by Crippen LogP contribution is -2.44. The fourth-order valence-electron chi connectivity index (χ4n) is 0.923. The predicted octanol–water partition coefficient (Wildman–Crippen LogP) is 1.58. The maximum Gasteiger partial charge on any atom is 0.346 e. The molecule has 0 aliphatic carbocycles. The minimum Gasteiger partial charge on any atom is -0.391 e. The average Bonchev–Trinajstić information content (AvgIpc) is 2.40. The number of hydrogen-bond donors (Lipinski definition) is 0. The summed E-state index contributed by atoms with van der Waals surface area (Å²) in [6.45, 7) is 26.7. The Bertz CT molecular complexity index is 280. The van der Waals surface area contributed by atoms with Crippen LogP contribution in [0.25, 0.3) is 0 Å². The van der Waals surface area contributed by atoms with Crippen molar-refractivity contribution in [1.82, 2.24) is 0 Å². The largest absolute Gasteiger partial charge is 0.391 e. The Morgan fingerprint density at radius 1 is 0.889 bits per heavy atom. The Morgan fingerprint density at radius 3 is 1.61 bits per heavy atom. The molecule has 94 valence electrons. The highest BCUT2D eigenvalue weighted by molar-refractivity contribution is 5.93. The fourth-order valence-corrected chi connectivity index (χ4v) is 0.923. The zero-order chi connectivity index (χ0) is 14.4. The maximum atomic E-state index is 11.7. The smallest absolute Gasteiger partial charge is 0.346 e. The number of carbonyl (C=O) groups excluding carboxylic acids is 2. The number of hydrogen-bond acceptors (Lipinski definition) is 4. The first-order chi connectivity index (χ1) is 8.35. The second kappa shape index (κ2) is 6.88. The van der Waals surface area contributed by atoms with Gasteiger partial charge in [-0.3, -0.25) is 4.79 Å². The Kier molecular flexibility index (Phi) is 6.54. The molecule has 0 N–H and O–H groups in total. The van der Waals surface area contributed by atoms with E-state index < -0.39 is 23.0 Å². The lowest BCUT2D eigenvalue weighted by Gasteiger charge is -2.29. The highest BCUT2D eigenvalue weighted by atomic mass is 16.6. The van der Waals surface area contributed by atoms with E-state index in [4.69, 9.17) is 41.7 Å². The molecule has 0 amide bonds.